The van der Waals surface area contributed by atoms with Gasteiger partial charge in [0.2, 0.25) is 0 Å². The van der Waals surface area contributed by atoms with Gasteiger partial charge in [-0.1, -0.05) is 20.8 Å². The number of hydrogen-bond donors (Lipinski definition) is 1. The molecule has 1 aliphatic carbocycles. The quantitative estimate of drug-likeness (QED) is 0.489. The van der Waals surface area contributed by atoms with Crippen molar-refractivity contribution in [3.05, 3.63) is 47.2 Å². The van der Waals surface area contributed by atoms with Gasteiger partial charge >= 0.3 is 6.18 Å². The number of alkyl halides is 3. The summed E-state index contributed by atoms with van der Waals surface area (Å²) in [5, 5.41) is 2.76. The molecule has 1 amide bonds. The zero-order chi connectivity index (χ0) is 27.0. The van der Waals surface area contributed by atoms with E-state index >= 15 is 0 Å². The highest BCUT2D eigenvalue weighted by Gasteiger charge is 2.43. The van der Waals surface area contributed by atoms with Crippen LogP contribution in [0, 0.1) is 17.8 Å². The van der Waals surface area contributed by atoms with Gasteiger partial charge in [-0.05, 0) is 55.7 Å². The van der Waals surface area contributed by atoms with Crippen LogP contribution in [0.3, 0.4) is 0 Å². The molecule has 2 aromatic heterocycles. The van der Waals surface area contributed by atoms with Crippen molar-refractivity contribution in [3.8, 4) is 0 Å². The number of carbonyl (C=O) groups is 1. The summed E-state index contributed by atoms with van der Waals surface area (Å²) in [5.41, 5.74) is 1.45. The van der Waals surface area contributed by atoms with E-state index in [1.807, 2.05) is 0 Å². The molecule has 7 nitrogen and oxygen atoms in total. The molecule has 2 aliphatic rings. The van der Waals surface area contributed by atoms with Crippen LogP contribution in [-0.2, 0) is 22.9 Å². The molecule has 1 saturated carbocycles. The maximum Gasteiger partial charge on any atom is 0.391 e. The average molecular weight is 542 g/mol. The molecular formula is C26H34F3N3O4S. The molecule has 37 heavy (non-hydrogen) atoms. The van der Waals surface area contributed by atoms with Crippen molar-refractivity contribution in [2.45, 2.75) is 76.7 Å². The first-order chi connectivity index (χ1) is 17.4. The minimum Gasteiger partial charge on any atom is -0.454 e. The maximum absolute atomic E-state index is 13.0. The monoisotopic (exact) mass is 541 g/mol. The lowest BCUT2D eigenvalue weighted by Gasteiger charge is -2.35. The van der Waals surface area contributed by atoms with Gasteiger partial charge in [-0.3, -0.25) is 14.7 Å². The highest BCUT2D eigenvalue weighted by molar-refractivity contribution is 7.91. The van der Waals surface area contributed by atoms with E-state index in [9.17, 15) is 26.4 Å². The highest BCUT2D eigenvalue weighted by atomic mass is 32.2. The van der Waals surface area contributed by atoms with E-state index in [1.54, 1.807) is 19.1 Å². The van der Waals surface area contributed by atoms with Crippen LogP contribution < -0.4 is 5.32 Å². The van der Waals surface area contributed by atoms with Gasteiger partial charge in [-0.15, -0.1) is 0 Å². The molecule has 0 radical (unpaired) electrons. The summed E-state index contributed by atoms with van der Waals surface area (Å²) in [5.74, 6) is -0.212. The standard InChI is InChI=1S/C26H34F3N3O4S/c1-4-37(34,35)21-10-9-20(30-13-21)12-31-25(33)22-11-18-15-32(23(16(2)3)24(18)36-22)14-17-5-7-19(8-6-17)26(27,28)29/h9-11,13,16-17,19,23H,4-8,12,14-15H2,1-3H3,(H,31,33)/t17-,19-,23?. The number of nitrogens with zero attached hydrogens (tertiary/aromatic N) is 2. The average Bonchev–Trinajstić information content (AvgIpc) is 3.40. The van der Waals surface area contributed by atoms with Crippen molar-refractivity contribution in [2.75, 3.05) is 12.3 Å². The van der Waals surface area contributed by atoms with E-state index in [2.05, 4.69) is 29.0 Å². The van der Waals surface area contributed by atoms with Gasteiger partial charge < -0.3 is 9.73 Å². The lowest BCUT2D eigenvalue weighted by Crippen LogP contribution is -2.35. The second kappa shape index (κ2) is 10.8. The van der Waals surface area contributed by atoms with E-state index in [-0.39, 0.29) is 59.6 Å². The molecule has 1 unspecified atom stereocenters. The lowest BCUT2D eigenvalue weighted by molar-refractivity contribution is -0.184. The molecule has 0 bridgehead atoms. The fourth-order valence-electron chi connectivity index (χ4n) is 5.44. The molecule has 0 spiro atoms. The number of aromatic nitrogens is 1. The molecule has 1 aliphatic heterocycles. The number of pyridine rings is 1. The number of amides is 1. The highest BCUT2D eigenvalue weighted by Crippen LogP contribution is 2.44. The molecule has 4 rings (SSSR count). The molecule has 204 valence electrons. The summed E-state index contributed by atoms with van der Waals surface area (Å²) in [4.78, 5) is 19.3. The smallest absolute Gasteiger partial charge is 0.391 e. The number of fused-ring (bicyclic) bond motifs is 1. The number of halogens is 3. The predicted octanol–water partition coefficient (Wildman–Crippen LogP) is 5.28. The summed E-state index contributed by atoms with van der Waals surface area (Å²) >= 11 is 0. The number of nitrogens with one attached hydrogen (secondary N) is 1. The van der Waals surface area contributed by atoms with E-state index in [0.717, 1.165) is 11.3 Å². The zero-order valence-corrected chi connectivity index (χ0v) is 22.2. The Morgan fingerprint density at radius 1 is 1.22 bits per heavy atom. The Hall–Kier alpha value is -2.40. The first kappa shape index (κ1) is 27.6. The second-order valence-corrected chi connectivity index (χ2v) is 12.7. The largest absolute Gasteiger partial charge is 0.454 e. The van der Waals surface area contributed by atoms with Crippen LogP contribution in [0.4, 0.5) is 13.2 Å². The Bertz CT molecular complexity index is 1200. The Kier molecular flexibility index (Phi) is 8.04. The van der Waals surface area contributed by atoms with Crippen LogP contribution in [0.15, 0.2) is 33.7 Å². The van der Waals surface area contributed by atoms with Crippen molar-refractivity contribution in [3.63, 3.8) is 0 Å². The molecule has 0 saturated heterocycles. The van der Waals surface area contributed by atoms with Crippen molar-refractivity contribution < 1.29 is 30.8 Å². The molecular weight excluding hydrogens is 507 g/mol. The molecule has 1 N–H and O–H groups in total. The summed E-state index contributed by atoms with van der Waals surface area (Å²) in [6, 6.07) is 4.75. The molecule has 3 heterocycles. The predicted molar refractivity (Wildman–Crippen MR) is 131 cm³/mol. The van der Waals surface area contributed by atoms with Crippen LogP contribution >= 0.6 is 0 Å². The first-order valence-electron chi connectivity index (χ1n) is 12.8. The van der Waals surface area contributed by atoms with Crippen molar-refractivity contribution >= 4 is 15.7 Å². The topological polar surface area (TPSA) is 92.5 Å². The minimum atomic E-state index is -4.10. The van der Waals surface area contributed by atoms with Crippen molar-refractivity contribution in [1.29, 1.82) is 0 Å². The second-order valence-electron chi connectivity index (χ2n) is 10.4. The number of sulfone groups is 1. The number of rotatable bonds is 8. The third kappa shape index (κ3) is 6.19. The van der Waals surface area contributed by atoms with Gasteiger partial charge in [0.15, 0.2) is 15.6 Å². The van der Waals surface area contributed by atoms with E-state index in [4.69, 9.17) is 4.42 Å². The normalized spacial score (nSPS) is 22.8. The summed E-state index contributed by atoms with van der Waals surface area (Å²) in [6.45, 7) is 7.15. The Labute approximate surface area is 215 Å². The van der Waals surface area contributed by atoms with Crippen LogP contribution in [0.2, 0.25) is 0 Å². The summed E-state index contributed by atoms with van der Waals surface area (Å²) < 4.78 is 68.9. The van der Waals surface area contributed by atoms with Gasteiger partial charge in [-0.2, -0.15) is 13.2 Å². The van der Waals surface area contributed by atoms with Crippen LogP contribution in [-0.4, -0.2) is 42.7 Å². The Morgan fingerprint density at radius 3 is 2.49 bits per heavy atom. The lowest BCUT2D eigenvalue weighted by atomic mass is 9.81. The fraction of sp³-hybridized carbons (Fsp3) is 0.615. The number of furan rings is 1. The Balaban J connectivity index is 1.36. The van der Waals surface area contributed by atoms with Gasteiger partial charge in [0.1, 0.15) is 5.76 Å². The fourth-order valence-corrected chi connectivity index (χ4v) is 6.26. The maximum atomic E-state index is 13.0. The number of carbonyl (C=O) groups excluding carboxylic acids is 1. The Morgan fingerprint density at radius 2 is 1.92 bits per heavy atom. The SMILES string of the molecule is CCS(=O)(=O)c1ccc(CNC(=O)c2cc3c(o2)C(C(C)C)N(C[C@H]2CC[C@H](C(F)(F)F)CC2)C3)nc1. The van der Waals surface area contributed by atoms with Crippen LogP contribution in [0.25, 0.3) is 0 Å². The molecule has 0 aromatic carbocycles. The number of hydrogen-bond acceptors (Lipinski definition) is 6. The van der Waals surface area contributed by atoms with Crippen LogP contribution in [0.1, 0.15) is 80.1 Å². The molecule has 11 heteroatoms. The van der Waals surface area contributed by atoms with Crippen LogP contribution in [0.5, 0.6) is 0 Å². The van der Waals surface area contributed by atoms with E-state index in [0.29, 0.717) is 31.6 Å². The summed E-state index contributed by atoms with van der Waals surface area (Å²) in [6.07, 6.45) is -1.30. The van der Waals surface area contributed by atoms with Crippen molar-refractivity contribution in [2.24, 2.45) is 17.8 Å². The third-order valence-corrected chi connectivity index (χ3v) is 9.22. The van der Waals surface area contributed by atoms with E-state index in [1.165, 1.54) is 12.3 Å². The van der Waals surface area contributed by atoms with Crippen molar-refractivity contribution in [1.82, 2.24) is 15.2 Å². The van der Waals surface area contributed by atoms with Gasteiger partial charge in [0.05, 0.1) is 34.8 Å². The third-order valence-electron chi connectivity index (χ3n) is 7.50. The molecule has 2 aromatic rings. The minimum absolute atomic E-state index is 0.0120. The summed E-state index contributed by atoms with van der Waals surface area (Å²) in [7, 11) is -3.34. The first-order valence-corrected chi connectivity index (χ1v) is 14.4. The molecule has 1 atom stereocenters. The van der Waals surface area contributed by atoms with Gasteiger partial charge in [0.25, 0.3) is 5.91 Å². The van der Waals surface area contributed by atoms with Gasteiger partial charge in [0, 0.05) is 24.8 Å². The van der Waals surface area contributed by atoms with E-state index < -0.39 is 21.9 Å². The van der Waals surface area contributed by atoms with Gasteiger partial charge in [-0.25, -0.2) is 8.42 Å². The molecule has 1 fully saturated rings. The zero-order valence-electron chi connectivity index (χ0n) is 21.3.